The Kier molecular flexibility index (Phi) is 4.76. The number of benzene rings is 4. The quantitative estimate of drug-likeness (QED) is 0.368. The highest BCUT2D eigenvalue weighted by molar-refractivity contribution is 5.74. The van der Waals surface area contributed by atoms with E-state index in [-0.39, 0.29) is 5.75 Å². The monoisotopic (exact) mass is 392 g/mol. The lowest BCUT2D eigenvalue weighted by Gasteiger charge is -2.13. The molecule has 30 heavy (non-hydrogen) atoms. The molecule has 0 radical (unpaired) electrons. The van der Waals surface area contributed by atoms with Crippen LogP contribution in [0.2, 0.25) is 0 Å². The van der Waals surface area contributed by atoms with Crippen molar-refractivity contribution in [2.45, 2.75) is 25.7 Å². The second kappa shape index (κ2) is 7.72. The van der Waals surface area contributed by atoms with Gasteiger partial charge in [-0.25, -0.2) is 0 Å². The lowest BCUT2D eigenvalue weighted by atomic mass is 9.93. The standard InChI is InChI=1S/C28H24O2/c29-25-13-15-26-24(18-25)12-8-19-6-10-22(11-7-19)23-3-1-2-20(16-23)4-5-21-9-14-27(26)28(30)17-21/h1-3,6-7,9-11,13-18,29-30H,4-5,8,12H2. The van der Waals surface area contributed by atoms with E-state index in [2.05, 4.69) is 54.6 Å². The maximum Gasteiger partial charge on any atom is 0.123 e. The topological polar surface area (TPSA) is 40.5 Å². The number of aromatic hydroxyl groups is 2. The molecule has 0 amide bonds. The van der Waals surface area contributed by atoms with Crippen LogP contribution in [0.25, 0.3) is 22.3 Å². The highest BCUT2D eigenvalue weighted by atomic mass is 16.3. The van der Waals surface area contributed by atoms with E-state index in [0.29, 0.717) is 5.75 Å². The molecular formula is C28H24O2. The van der Waals surface area contributed by atoms with Gasteiger partial charge in [-0.15, -0.1) is 0 Å². The summed E-state index contributed by atoms with van der Waals surface area (Å²) in [6.45, 7) is 0. The van der Waals surface area contributed by atoms with Crippen LogP contribution in [-0.2, 0) is 25.7 Å². The van der Waals surface area contributed by atoms with E-state index < -0.39 is 0 Å². The molecule has 0 heterocycles. The summed E-state index contributed by atoms with van der Waals surface area (Å²) in [5, 5.41) is 20.8. The Morgan fingerprint density at radius 1 is 0.500 bits per heavy atom. The summed E-state index contributed by atoms with van der Waals surface area (Å²) in [5.41, 5.74) is 8.97. The minimum atomic E-state index is 0.255. The van der Waals surface area contributed by atoms with Crippen LogP contribution in [0, 0.1) is 0 Å². The van der Waals surface area contributed by atoms with Gasteiger partial charge < -0.3 is 10.2 Å². The van der Waals surface area contributed by atoms with Gasteiger partial charge in [0.1, 0.15) is 11.5 Å². The number of phenolic OH excluding ortho intramolecular Hbond substituents is 2. The Hall–Kier alpha value is -3.52. The van der Waals surface area contributed by atoms with Gasteiger partial charge in [-0.05, 0) is 82.8 Å². The van der Waals surface area contributed by atoms with Gasteiger partial charge in [0.05, 0.1) is 0 Å². The van der Waals surface area contributed by atoms with Crippen molar-refractivity contribution >= 4 is 0 Å². The van der Waals surface area contributed by atoms with Crippen LogP contribution < -0.4 is 0 Å². The molecule has 4 aliphatic rings. The third kappa shape index (κ3) is 3.69. The molecule has 0 fully saturated rings. The average Bonchev–Trinajstić information content (AvgIpc) is 2.77. The van der Waals surface area contributed by atoms with Gasteiger partial charge in [0.15, 0.2) is 0 Å². The molecule has 0 saturated carbocycles. The largest absolute Gasteiger partial charge is 0.508 e. The SMILES string of the molecule is Oc1ccc2c(c1)CCc1ccc(cc1)-c1cccc(c1)CCc1ccc-2c(O)c1. The van der Waals surface area contributed by atoms with Crippen molar-refractivity contribution in [1.29, 1.82) is 0 Å². The summed E-state index contributed by atoms with van der Waals surface area (Å²) in [6, 6.07) is 28.9. The highest BCUT2D eigenvalue weighted by Gasteiger charge is 2.12. The third-order valence-electron chi connectivity index (χ3n) is 6.04. The molecule has 2 nitrogen and oxygen atoms in total. The lowest BCUT2D eigenvalue weighted by Crippen LogP contribution is -1.96. The van der Waals surface area contributed by atoms with E-state index in [1.807, 2.05) is 24.3 Å². The van der Waals surface area contributed by atoms with Crippen molar-refractivity contribution in [2.24, 2.45) is 0 Å². The molecular weight excluding hydrogens is 368 g/mol. The van der Waals surface area contributed by atoms with Crippen LogP contribution in [0.4, 0.5) is 0 Å². The molecule has 0 spiro atoms. The van der Waals surface area contributed by atoms with Crippen molar-refractivity contribution in [3.8, 4) is 33.8 Å². The molecule has 0 aliphatic heterocycles. The summed E-state index contributed by atoms with van der Waals surface area (Å²) in [5.74, 6) is 0.548. The molecule has 0 aromatic heterocycles. The van der Waals surface area contributed by atoms with Crippen molar-refractivity contribution < 1.29 is 10.2 Å². The fraction of sp³-hybridized carbons (Fsp3) is 0.143. The van der Waals surface area contributed by atoms with Crippen LogP contribution >= 0.6 is 0 Å². The van der Waals surface area contributed by atoms with Gasteiger partial charge in [-0.3, -0.25) is 0 Å². The first kappa shape index (κ1) is 18.5. The molecule has 4 aromatic rings. The molecule has 0 atom stereocenters. The van der Waals surface area contributed by atoms with Gasteiger partial charge in [-0.2, -0.15) is 0 Å². The molecule has 148 valence electrons. The number of rotatable bonds is 0. The normalized spacial score (nSPS) is 13.1. The molecule has 0 saturated heterocycles. The average molecular weight is 392 g/mol. The van der Waals surface area contributed by atoms with Crippen molar-refractivity contribution in [2.75, 3.05) is 0 Å². The Morgan fingerprint density at radius 3 is 2.00 bits per heavy atom. The van der Waals surface area contributed by atoms with E-state index in [4.69, 9.17) is 0 Å². The fourth-order valence-corrected chi connectivity index (χ4v) is 4.35. The number of aryl methyl sites for hydroxylation is 4. The second-order valence-corrected chi connectivity index (χ2v) is 8.09. The predicted molar refractivity (Wildman–Crippen MR) is 122 cm³/mol. The van der Waals surface area contributed by atoms with Gasteiger partial charge in [-0.1, -0.05) is 66.7 Å². The van der Waals surface area contributed by atoms with E-state index in [1.54, 1.807) is 6.07 Å². The smallest absolute Gasteiger partial charge is 0.123 e. The first-order valence-electron chi connectivity index (χ1n) is 10.5. The summed E-state index contributed by atoms with van der Waals surface area (Å²) in [4.78, 5) is 0. The summed E-state index contributed by atoms with van der Waals surface area (Å²) < 4.78 is 0. The molecule has 2 N–H and O–H groups in total. The summed E-state index contributed by atoms with van der Waals surface area (Å²) in [7, 11) is 0. The molecule has 8 rings (SSSR count). The Labute approximate surface area is 177 Å². The molecule has 2 heteroatoms. The number of phenols is 2. The van der Waals surface area contributed by atoms with E-state index in [0.717, 1.165) is 47.9 Å². The van der Waals surface area contributed by atoms with Crippen LogP contribution in [0.1, 0.15) is 22.3 Å². The zero-order valence-corrected chi connectivity index (χ0v) is 16.8. The van der Waals surface area contributed by atoms with Crippen molar-refractivity contribution in [3.63, 3.8) is 0 Å². The highest BCUT2D eigenvalue weighted by Crippen LogP contribution is 2.35. The Balaban J connectivity index is 1.62. The first-order chi connectivity index (χ1) is 14.7. The number of hydrogen-bond donors (Lipinski definition) is 2. The maximum atomic E-state index is 10.8. The first-order valence-corrected chi connectivity index (χ1v) is 10.5. The minimum absolute atomic E-state index is 0.255. The van der Waals surface area contributed by atoms with E-state index >= 15 is 0 Å². The van der Waals surface area contributed by atoms with Gasteiger partial charge in [0.2, 0.25) is 0 Å². The van der Waals surface area contributed by atoms with E-state index in [9.17, 15) is 10.2 Å². The lowest BCUT2D eigenvalue weighted by molar-refractivity contribution is 0.473. The Bertz CT molecular complexity index is 1210. The predicted octanol–water partition coefficient (Wildman–Crippen LogP) is 6.32. The van der Waals surface area contributed by atoms with Gasteiger partial charge in [0, 0.05) is 5.56 Å². The van der Waals surface area contributed by atoms with Crippen LogP contribution in [0.5, 0.6) is 11.5 Å². The summed E-state index contributed by atoms with van der Waals surface area (Å²) in [6.07, 6.45) is 3.46. The summed E-state index contributed by atoms with van der Waals surface area (Å²) >= 11 is 0. The zero-order chi connectivity index (χ0) is 20.5. The fourth-order valence-electron chi connectivity index (χ4n) is 4.35. The minimum Gasteiger partial charge on any atom is -0.508 e. The van der Waals surface area contributed by atoms with Gasteiger partial charge in [0.25, 0.3) is 0 Å². The second-order valence-electron chi connectivity index (χ2n) is 8.09. The zero-order valence-electron chi connectivity index (χ0n) is 16.8. The molecule has 4 aromatic carbocycles. The van der Waals surface area contributed by atoms with Crippen LogP contribution in [0.15, 0.2) is 84.9 Å². The third-order valence-corrected chi connectivity index (χ3v) is 6.04. The van der Waals surface area contributed by atoms with Crippen LogP contribution in [-0.4, -0.2) is 10.2 Å². The maximum absolute atomic E-state index is 10.8. The number of hydrogen-bond acceptors (Lipinski definition) is 2. The molecule has 4 aliphatic carbocycles. The Morgan fingerprint density at radius 2 is 1.20 bits per heavy atom. The molecule has 0 unspecified atom stereocenters. The van der Waals surface area contributed by atoms with Crippen molar-refractivity contribution in [3.05, 3.63) is 107 Å². The molecule has 6 bridgehead atoms. The van der Waals surface area contributed by atoms with Gasteiger partial charge >= 0.3 is 0 Å². The van der Waals surface area contributed by atoms with Crippen LogP contribution in [0.3, 0.4) is 0 Å². The van der Waals surface area contributed by atoms with Crippen molar-refractivity contribution in [1.82, 2.24) is 0 Å². The van der Waals surface area contributed by atoms with E-state index in [1.165, 1.54) is 22.3 Å².